The molecule has 4 nitrogen and oxygen atoms in total. The van der Waals surface area contributed by atoms with Crippen LogP contribution in [-0.2, 0) is 20.9 Å². The molecule has 0 N–H and O–H groups in total. The zero-order chi connectivity index (χ0) is 16.1. The summed E-state index contributed by atoms with van der Waals surface area (Å²) in [5, 5.41) is 7.47. The second-order valence-corrected chi connectivity index (χ2v) is 6.10. The Morgan fingerprint density at radius 1 is 0.591 bits per heavy atom. The summed E-state index contributed by atoms with van der Waals surface area (Å²) in [5.41, 5.74) is 0.920. The highest BCUT2D eigenvalue weighted by molar-refractivity contribution is 5.21. The Morgan fingerprint density at radius 2 is 0.909 bits per heavy atom. The van der Waals surface area contributed by atoms with E-state index >= 15 is 0 Å². The number of benzene rings is 2. The van der Waals surface area contributed by atoms with Crippen molar-refractivity contribution in [2.45, 2.75) is 38.9 Å². The standard InChI is InChI=1S/C18H22N2O2/c1-17(2,15-11-7-5-8-12-15)21-19-20-22-18(3,4)16-13-9-6-10-14-16/h5-14H,1-4H3. The highest BCUT2D eigenvalue weighted by Gasteiger charge is 2.24. The molecular formula is C18H22N2O2. The predicted molar refractivity (Wildman–Crippen MR) is 86.0 cm³/mol. The lowest BCUT2D eigenvalue weighted by atomic mass is 9.99. The van der Waals surface area contributed by atoms with Crippen LogP contribution in [0.2, 0.25) is 0 Å². The minimum absolute atomic E-state index is 0.564. The van der Waals surface area contributed by atoms with E-state index in [1.54, 1.807) is 0 Å². The van der Waals surface area contributed by atoms with Crippen molar-refractivity contribution in [1.29, 1.82) is 0 Å². The molecule has 0 atom stereocenters. The van der Waals surface area contributed by atoms with Crippen molar-refractivity contribution in [1.82, 2.24) is 0 Å². The van der Waals surface area contributed by atoms with Crippen molar-refractivity contribution < 1.29 is 9.68 Å². The van der Waals surface area contributed by atoms with Crippen LogP contribution in [0, 0.1) is 0 Å². The minimum Gasteiger partial charge on any atom is -0.366 e. The van der Waals surface area contributed by atoms with Crippen LogP contribution in [0.4, 0.5) is 0 Å². The second kappa shape index (κ2) is 6.60. The van der Waals surface area contributed by atoms with Gasteiger partial charge >= 0.3 is 0 Å². The van der Waals surface area contributed by atoms with E-state index < -0.39 is 11.2 Å². The maximum absolute atomic E-state index is 5.48. The number of hydrogen-bond acceptors (Lipinski definition) is 4. The van der Waals surface area contributed by atoms with Crippen LogP contribution < -0.4 is 0 Å². The summed E-state index contributed by atoms with van der Waals surface area (Å²) in [6, 6.07) is 19.8. The summed E-state index contributed by atoms with van der Waals surface area (Å²) in [5.74, 6) is 0. The monoisotopic (exact) mass is 298 g/mol. The fourth-order valence-electron chi connectivity index (χ4n) is 2.02. The fourth-order valence-corrected chi connectivity index (χ4v) is 2.02. The molecule has 0 aromatic heterocycles. The van der Waals surface area contributed by atoms with Gasteiger partial charge in [0.05, 0.1) is 10.6 Å². The summed E-state index contributed by atoms with van der Waals surface area (Å²) < 4.78 is 0. The molecule has 0 spiro atoms. The fraction of sp³-hybridized carbons (Fsp3) is 0.333. The molecule has 0 amide bonds. The highest BCUT2D eigenvalue weighted by atomic mass is 16.7. The number of nitrogens with zero attached hydrogens (tertiary/aromatic N) is 2. The quantitative estimate of drug-likeness (QED) is 0.545. The van der Waals surface area contributed by atoms with E-state index in [1.807, 2.05) is 88.4 Å². The van der Waals surface area contributed by atoms with Gasteiger partial charge < -0.3 is 9.68 Å². The average Bonchev–Trinajstić information content (AvgIpc) is 2.53. The molecule has 2 aromatic carbocycles. The maximum Gasteiger partial charge on any atom is 0.159 e. The van der Waals surface area contributed by atoms with Gasteiger partial charge in [0.1, 0.15) is 0 Å². The molecule has 116 valence electrons. The Hall–Kier alpha value is -2.36. The summed E-state index contributed by atoms with van der Waals surface area (Å²) >= 11 is 0. The summed E-state index contributed by atoms with van der Waals surface area (Å²) in [6.07, 6.45) is 0. The zero-order valence-corrected chi connectivity index (χ0v) is 13.5. The predicted octanol–water partition coefficient (Wildman–Crippen LogP) is 5.17. The molecule has 2 rings (SSSR count). The van der Waals surface area contributed by atoms with Crippen LogP contribution in [0.5, 0.6) is 0 Å². The van der Waals surface area contributed by atoms with Gasteiger partial charge in [-0.25, -0.2) is 0 Å². The molecule has 0 aliphatic heterocycles. The van der Waals surface area contributed by atoms with Crippen LogP contribution in [0.3, 0.4) is 0 Å². The molecule has 0 aliphatic carbocycles. The van der Waals surface area contributed by atoms with Crippen molar-refractivity contribution in [2.24, 2.45) is 10.6 Å². The Bertz CT molecular complexity index is 552. The maximum atomic E-state index is 5.48. The van der Waals surface area contributed by atoms with Gasteiger partial charge in [-0.2, -0.15) is 0 Å². The number of hydrogen-bond donors (Lipinski definition) is 0. The van der Waals surface area contributed by atoms with Crippen LogP contribution in [0.15, 0.2) is 71.2 Å². The van der Waals surface area contributed by atoms with E-state index in [2.05, 4.69) is 10.6 Å². The SMILES string of the molecule is CC(C)(ON=NOC(C)(C)c1ccccc1)c1ccccc1. The molecule has 4 heteroatoms. The summed E-state index contributed by atoms with van der Waals surface area (Å²) in [4.78, 5) is 11.0. The van der Waals surface area contributed by atoms with Gasteiger partial charge in [-0.05, 0) is 38.8 Å². The molecule has 0 heterocycles. The van der Waals surface area contributed by atoms with E-state index in [0.29, 0.717) is 0 Å². The van der Waals surface area contributed by atoms with Gasteiger partial charge in [0.25, 0.3) is 0 Å². The number of rotatable bonds is 6. The van der Waals surface area contributed by atoms with E-state index in [4.69, 9.17) is 9.68 Å². The van der Waals surface area contributed by atoms with E-state index in [0.717, 1.165) is 11.1 Å². The van der Waals surface area contributed by atoms with Crippen molar-refractivity contribution in [3.05, 3.63) is 71.8 Å². The van der Waals surface area contributed by atoms with Crippen molar-refractivity contribution >= 4 is 0 Å². The van der Waals surface area contributed by atoms with Crippen LogP contribution >= 0.6 is 0 Å². The molecule has 2 aromatic rings. The normalized spacial score (nSPS) is 12.4. The largest absolute Gasteiger partial charge is 0.366 e. The Kier molecular flexibility index (Phi) is 4.81. The van der Waals surface area contributed by atoms with E-state index in [9.17, 15) is 0 Å². The van der Waals surface area contributed by atoms with Gasteiger partial charge in [0, 0.05) is 0 Å². The Balaban J connectivity index is 1.96. The van der Waals surface area contributed by atoms with Gasteiger partial charge in [0.15, 0.2) is 11.2 Å². The zero-order valence-electron chi connectivity index (χ0n) is 13.5. The molecule has 0 aliphatic rings. The van der Waals surface area contributed by atoms with Crippen molar-refractivity contribution in [2.75, 3.05) is 0 Å². The lowest BCUT2D eigenvalue weighted by molar-refractivity contribution is -0.0944. The van der Waals surface area contributed by atoms with Crippen molar-refractivity contribution in [3.8, 4) is 0 Å². The van der Waals surface area contributed by atoms with E-state index in [1.165, 1.54) is 0 Å². The molecule has 0 saturated carbocycles. The highest BCUT2D eigenvalue weighted by Crippen LogP contribution is 2.27. The van der Waals surface area contributed by atoms with Crippen LogP contribution in [0.25, 0.3) is 0 Å². The molecule has 0 saturated heterocycles. The molecule has 0 fully saturated rings. The molecular weight excluding hydrogens is 276 g/mol. The van der Waals surface area contributed by atoms with E-state index in [-0.39, 0.29) is 0 Å². The summed E-state index contributed by atoms with van der Waals surface area (Å²) in [6.45, 7) is 7.74. The van der Waals surface area contributed by atoms with Gasteiger partial charge in [-0.15, -0.1) is 0 Å². The molecule has 22 heavy (non-hydrogen) atoms. The minimum atomic E-state index is -0.564. The Morgan fingerprint density at radius 3 is 1.23 bits per heavy atom. The lowest BCUT2D eigenvalue weighted by Gasteiger charge is -2.23. The van der Waals surface area contributed by atoms with Crippen LogP contribution in [0.1, 0.15) is 38.8 Å². The van der Waals surface area contributed by atoms with Gasteiger partial charge in [-0.3, -0.25) is 0 Å². The lowest BCUT2D eigenvalue weighted by Crippen LogP contribution is -2.20. The molecule has 0 radical (unpaired) electrons. The van der Waals surface area contributed by atoms with Crippen LogP contribution in [-0.4, -0.2) is 0 Å². The third-order valence-corrected chi connectivity index (χ3v) is 3.51. The smallest absolute Gasteiger partial charge is 0.159 e. The topological polar surface area (TPSA) is 43.2 Å². The third-order valence-electron chi connectivity index (χ3n) is 3.51. The first-order valence-electron chi connectivity index (χ1n) is 7.29. The summed E-state index contributed by atoms with van der Waals surface area (Å²) in [7, 11) is 0. The first kappa shape index (κ1) is 16.0. The molecule has 0 bridgehead atoms. The second-order valence-electron chi connectivity index (χ2n) is 6.10. The Labute approximate surface area is 131 Å². The first-order chi connectivity index (χ1) is 10.4. The van der Waals surface area contributed by atoms with Gasteiger partial charge in [-0.1, -0.05) is 60.7 Å². The molecule has 0 unspecified atom stereocenters. The third kappa shape index (κ3) is 4.07. The average molecular weight is 298 g/mol. The first-order valence-corrected chi connectivity index (χ1v) is 7.29. The van der Waals surface area contributed by atoms with Crippen molar-refractivity contribution in [3.63, 3.8) is 0 Å². The van der Waals surface area contributed by atoms with Gasteiger partial charge in [0.2, 0.25) is 0 Å².